The maximum absolute atomic E-state index is 11.3. The molecule has 1 saturated carbocycles. The molecule has 2 fully saturated rings. The van der Waals surface area contributed by atoms with Crippen LogP contribution in [0.4, 0.5) is 0 Å². The van der Waals surface area contributed by atoms with Gasteiger partial charge >= 0.3 is 0 Å². The largest absolute Gasteiger partial charge is 0.349 e. The summed E-state index contributed by atoms with van der Waals surface area (Å²) in [5, 5.41) is -0.444. The Morgan fingerprint density at radius 1 is 1.33 bits per heavy atom. The first-order chi connectivity index (χ1) is 6.93. The Kier molecular flexibility index (Phi) is 2.82. The molecule has 0 aromatic heterocycles. The Balaban J connectivity index is 2.01. The molecule has 0 aromatic carbocycles. The highest BCUT2D eigenvalue weighted by atomic mass is 35.5. The standard InChI is InChI=1S/C11H17ClO3/c1-10(2)6-14-11(15-7-10)4-3-9(13)8(12)5-11/h8H,3-7H2,1-2H3. The van der Waals surface area contributed by atoms with E-state index in [-0.39, 0.29) is 11.2 Å². The van der Waals surface area contributed by atoms with Gasteiger partial charge in [-0.2, -0.15) is 0 Å². The number of hydrogen-bond donors (Lipinski definition) is 0. The van der Waals surface area contributed by atoms with Crippen molar-refractivity contribution in [3.63, 3.8) is 0 Å². The number of Topliss-reactive ketones (excluding diaryl/α,β-unsaturated/α-hetero) is 1. The molecule has 1 heterocycles. The fraction of sp³-hybridized carbons (Fsp3) is 0.909. The smallest absolute Gasteiger partial charge is 0.170 e. The Morgan fingerprint density at radius 3 is 2.47 bits per heavy atom. The van der Waals surface area contributed by atoms with Crippen molar-refractivity contribution in [1.82, 2.24) is 0 Å². The molecule has 1 atom stereocenters. The molecular weight excluding hydrogens is 216 g/mol. The second-order valence-corrected chi connectivity index (χ2v) is 5.82. The van der Waals surface area contributed by atoms with Crippen molar-refractivity contribution >= 4 is 17.4 Å². The van der Waals surface area contributed by atoms with Crippen LogP contribution in [0.1, 0.15) is 33.1 Å². The second-order valence-electron chi connectivity index (χ2n) is 5.29. The van der Waals surface area contributed by atoms with Crippen LogP contribution in [0.15, 0.2) is 0 Å². The summed E-state index contributed by atoms with van der Waals surface area (Å²) in [6, 6.07) is 0. The summed E-state index contributed by atoms with van der Waals surface area (Å²) < 4.78 is 11.6. The van der Waals surface area contributed by atoms with Crippen LogP contribution < -0.4 is 0 Å². The van der Waals surface area contributed by atoms with E-state index in [1.165, 1.54) is 0 Å². The average molecular weight is 233 g/mol. The van der Waals surface area contributed by atoms with Gasteiger partial charge in [-0.05, 0) is 0 Å². The van der Waals surface area contributed by atoms with Gasteiger partial charge in [-0.15, -0.1) is 11.6 Å². The third-order valence-corrected chi connectivity index (χ3v) is 3.44. The van der Waals surface area contributed by atoms with Gasteiger partial charge < -0.3 is 9.47 Å². The summed E-state index contributed by atoms with van der Waals surface area (Å²) in [5.41, 5.74) is 0.0640. The number of ketones is 1. The predicted molar refractivity (Wildman–Crippen MR) is 56.9 cm³/mol. The summed E-state index contributed by atoms with van der Waals surface area (Å²) in [4.78, 5) is 11.3. The first-order valence-electron chi connectivity index (χ1n) is 5.37. The first kappa shape index (κ1) is 11.4. The maximum atomic E-state index is 11.3. The zero-order valence-electron chi connectivity index (χ0n) is 9.22. The SMILES string of the molecule is CC1(C)COC2(CCC(=O)C(Cl)C2)OC1. The third-order valence-electron chi connectivity index (χ3n) is 3.04. The van der Waals surface area contributed by atoms with E-state index in [1.54, 1.807) is 0 Å². The maximum Gasteiger partial charge on any atom is 0.170 e. The zero-order chi connectivity index (χ0) is 11.1. The van der Waals surface area contributed by atoms with E-state index >= 15 is 0 Å². The van der Waals surface area contributed by atoms with E-state index in [2.05, 4.69) is 13.8 Å². The molecule has 2 rings (SSSR count). The molecule has 1 aliphatic heterocycles. The monoisotopic (exact) mass is 232 g/mol. The van der Waals surface area contributed by atoms with Crippen molar-refractivity contribution in [2.45, 2.75) is 44.3 Å². The topological polar surface area (TPSA) is 35.5 Å². The summed E-state index contributed by atoms with van der Waals surface area (Å²) in [6.45, 7) is 5.55. The molecule has 1 aliphatic carbocycles. The van der Waals surface area contributed by atoms with Crippen LogP contribution in [0.2, 0.25) is 0 Å². The summed E-state index contributed by atoms with van der Waals surface area (Å²) >= 11 is 5.95. The molecule has 0 aromatic rings. The lowest BCUT2D eigenvalue weighted by Crippen LogP contribution is -2.52. The number of alkyl halides is 1. The number of carbonyl (C=O) groups excluding carboxylic acids is 1. The van der Waals surface area contributed by atoms with Gasteiger partial charge in [-0.3, -0.25) is 4.79 Å². The van der Waals surface area contributed by atoms with Crippen LogP contribution in [0, 0.1) is 5.41 Å². The van der Waals surface area contributed by atoms with Crippen molar-refractivity contribution < 1.29 is 14.3 Å². The molecule has 1 spiro atoms. The third kappa shape index (κ3) is 2.35. The highest BCUT2D eigenvalue weighted by molar-refractivity contribution is 6.31. The van der Waals surface area contributed by atoms with Gasteiger partial charge in [0, 0.05) is 24.7 Å². The van der Waals surface area contributed by atoms with Crippen LogP contribution in [-0.2, 0) is 14.3 Å². The van der Waals surface area contributed by atoms with Crippen molar-refractivity contribution in [3.8, 4) is 0 Å². The minimum atomic E-state index is -0.587. The van der Waals surface area contributed by atoms with Gasteiger partial charge in [0.1, 0.15) is 0 Å². The molecule has 1 saturated heterocycles. The summed E-state index contributed by atoms with van der Waals surface area (Å²) in [7, 11) is 0. The highest BCUT2D eigenvalue weighted by Crippen LogP contribution is 2.39. The molecule has 2 aliphatic rings. The zero-order valence-corrected chi connectivity index (χ0v) is 9.97. The van der Waals surface area contributed by atoms with Crippen molar-refractivity contribution in [2.24, 2.45) is 5.41 Å². The Labute approximate surface area is 95.1 Å². The molecule has 3 nitrogen and oxygen atoms in total. The van der Waals surface area contributed by atoms with E-state index in [9.17, 15) is 4.79 Å². The predicted octanol–water partition coefficient (Wildman–Crippen LogP) is 2.12. The highest BCUT2D eigenvalue weighted by Gasteiger charge is 2.46. The molecule has 1 unspecified atom stereocenters. The first-order valence-corrected chi connectivity index (χ1v) is 5.81. The summed E-state index contributed by atoms with van der Waals surface area (Å²) in [6.07, 6.45) is 1.60. The van der Waals surface area contributed by atoms with Crippen molar-refractivity contribution in [3.05, 3.63) is 0 Å². The van der Waals surface area contributed by atoms with Gasteiger partial charge in [0.05, 0.1) is 18.6 Å². The molecule has 0 amide bonds. The van der Waals surface area contributed by atoms with Crippen molar-refractivity contribution in [1.29, 1.82) is 0 Å². The molecular formula is C11H17ClO3. The minimum Gasteiger partial charge on any atom is -0.349 e. The van der Waals surface area contributed by atoms with E-state index in [0.717, 1.165) is 0 Å². The molecule has 0 N–H and O–H groups in total. The Morgan fingerprint density at radius 2 is 1.93 bits per heavy atom. The number of hydrogen-bond acceptors (Lipinski definition) is 3. The van der Waals surface area contributed by atoms with Crippen LogP contribution >= 0.6 is 11.6 Å². The minimum absolute atomic E-state index is 0.0640. The fourth-order valence-electron chi connectivity index (χ4n) is 1.96. The Hall–Kier alpha value is -0.120. The molecule has 0 bridgehead atoms. The molecule has 86 valence electrons. The van der Waals surface area contributed by atoms with Crippen LogP contribution in [0.5, 0.6) is 0 Å². The van der Waals surface area contributed by atoms with E-state index in [4.69, 9.17) is 21.1 Å². The molecule has 15 heavy (non-hydrogen) atoms. The van der Waals surface area contributed by atoms with Gasteiger partial charge in [-0.1, -0.05) is 13.8 Å². The number of carbonyl (C=O) groups is 1. The lowest BCUT2D eigenvalue weighted by Gasteiger charge is -2.45. The van der Waals surface area contributed by atoms with E-state index in [1.807, 2.05) is 0 Å². The fourth-order valence-corrected chi connectivity index (χ4v) is 2.30. The second kappa shape index (κ2) is 3.72. The van der Waals surface area contributed by atoms with Crippen LogP contribution in [-0.4, -0.2) is 30.2 Å². The quantitative estimate of drug-likeness (QED) is 0.600. The average Bonchev–Trinajstić information content (AvgIpc) is 2.18. The summed E-state index contributed by atoms with van der Waals surface area (Å²) in [5.74, 6) is -0.477. The molecule has 4 heteroatoms. The van der Waals surface area contributed by atoms with Crippen LogP contribution in [0.3, 0.4) is 0 Å². The van der Waals surface area contributed by atoms with Gasteiger partial charge in [-0.25, -0.2) is 0 Å². The number of ether oxygens (including phenoxy) is 2. The number of halogens is 1. The lowest BCUT2D eigenvalue weighted by molar-refractivity contribution is -0.306. The van der Waals surface area contributed by atoms with E-state index in [0.29, 0.717) is 32.5 Å². The molecule has 0 radical (unpaired) electrons. The van der Waals surface area contributed by atoms with Gasteiger partial charge in [0.25, 0.3) is 0 Å². The number of rotatable bonds is 0. The van der Waals surface area contributed by atoms with Gasteiger partial charge in [0.2, 0.25) is 0 Å². The Bertz CT molecular complexity index is 265. The van der Waals surface area contributed by atoms with Gasteiger partial charge in [0.15, 0.2) is 11.6 Å². The van der Waals surface area contributed by atoms with Crippen LogP contribution in [0.25, 0.3) is 0 Å². The van der Waals surface area contributed by atoms with Crippen molar-refractivity contribution in [2.75, 3.05) is 13.2 Å². The normalized spacial score (nSPS) is 34.3. The van der Waals surface area contributed by atoms with E-state index < -0.39 is 11.2 Å². The lowest BCUT2D eigenvalue weighted by atomic mass is 9.88.